The summed E-state index contributed by atoms with van der Waals surface area (Å²) in [4.78, 5) is 43.6. The zero-order valence-electron chi connectivity index (χ0n) is 10.5. The van der Waals surface area contributed by atoms with E-state index in [4.69, 9.17) is 5.11 Å². The van der Waals surface area contributed by atoms with E-state index in [2.05, 4.69) is 14.8 Å². The Morgan fingerprint density at radius 2 is 1.79 bits per heavy atom. The van der Waals surface area contributed by atoms with Crippen molar-refractivity contribution in [3.63, 3.8) is 0 Å². The molecule has 0 aromatic carbocycles. The van der Waals surface area contributed by atoms with Crippen LogP contribution in [0.15, 0.2) is 12.2 Å². The number of amides is 1. The van der Waals surface area contributed by atoms with E-state index in [9.17, 15) is 19.2 Å². The first-order valence-electron chi connectivity index (χ1n) is 5.35. The molecule has 0 rings (SSSR count). The van der Waals surface area contributed by atoms with E-state index in [0.717, 1.165) is 19.3 Å². The number of ether oxygens (including phenoxy) is 2. The van der Waals surface area contributed by atoms with Crippen LogP contribution in [-0.2, 0) is 28.7 Å². The molecule has 1 amide bonds. The lowest BCUT2D eigenvalue weighted by Crippen LogP contribution is -2.42. The molecular formula is C11H15NO7. The summed E-state index contributed by atoms with van der Waals surface area (Å²) in [5.74, 6) is -3.57. The molecule has 8 heteroatoms. The molecule has 0 heterocycles. The third-order valence-corrected chi connectivity index (χ3v) is 1.94. The predicted molar refractivity (Wildman–Crippen MR) is 62.0 cm³/mol. The van der Waals surface area contributed by atoms with Crippen molar-refractivity contribution in [1.29, 1.82) is 0 Å². The minimum Gasteiger partial charge on any atom is -0.480 e. The highest BCUT2D eigenvalue weighted by atomic mass is 16.5. The predicted octanol–water partition coefficient (Wildman–Crippen LogP) is -0.762. The van der Waals surface area contributed by atoms with Crippen molar-refractivity contribution in [2.45, 2.75) is 19.4 Å². The molecule has 1 atom stereocenters. The van der Waals surface area contributed by atoms with E-state index in [-0.39, 0.29) is 6.42 Å². The van der Waals surface area contributed by atoms with Crippen LogP contribution in [0.5, 0.6) is 0 Å². The number of esters is 2. The Balaban J connectivity index is 4.09. The van der Waals surface area contributed by atoms with Crippen molar-refractivity contribution in [1.82, 2.24) is 5.32 Å². The highest BCUT2D eigenvalue weighted by Crippen LogP contribution is 1.91. The second-order valence-electron chi connectivity index (χ2n) is 3.33. The average Bonchev–Trinajstić information content (AvgIpc) is 2.39. The van der Waals surface area contributed by atoms with E-state index in [1.807, 2.05) is 0 Å². The molecule has 0 bridgehead atoms. The van der Waals surface area contributed by atoms with Crippen molar-refractivity contribution in [2.75, 3.05) is 13.7 Å². The van der Waals surface area contributed by atoms with Gasteiger partial charge in [0.1, 0.15) is 6.04 Å². The number of carboxylic acids is 1. The molecule has 0 saturated heterocycles. The van der Waals surface area contributed by atoms with Crippen LogP contribution in [0.1, 0.15) is 13.3 Å². The Kier molecular flexibility index (Phi) is 7.59. The fourth-order valence-corrected chi connectivity index (χ4v) is 0.963. The zero-order chi connectivity index (χ0) is 14.8. The van der Waals surface area contributed by atoms with Crippen LogP contribution in [0, 0.1) is 0 Å². The first-order valence-corrected chi connectivity index (χ1v) is 5.35. The Morgan fingerprint density at radius 1 is 1.21 bits per heavy atom. The number of carboxylic acid groups (broad SMARTS) is 1. The van der Waals surface area contributed by atoms with Crippen LogP contribution in [0.3, 0.4) is 0 Å². The van der Waals surface area contributed by atoms with Gasteiger partial charge in [0.15, 0.2) is 6.61 Å². The lowest BCUT2D eigenvalue weighted by atomic mass is 10.2. The summed E-state index contributed by atoms with van der Waals surface area (Å²) < 4.78 is 8.73. The van der Waals surface area contributed by atoms with Gasteiger partial charge in [-0.15, -0.1) is 0 Å². The number of aliphatic carboxylic acids is 1. The number of nitrogens with one attached hydrogen (secondary N) is 1. The van der Waals surface area contributed by atoms with Crippen molar-refractivity contribution in [3.8, 4) is 0 Å². The molecule has 0 aliphatic carbocycles. The number of rotatable bonds is 7. The van der Waals surface area contributed by atoms with Gasteiger partial charge in [0.25, 0.3) is 5.91 Å². The Labute approximate surface area is 109 Å². The molecule has 0 spiro atoms. The number of carbonyl (C=O) groups is 4. The molecule has 0 aromatic heterocycles. The molecule has 0 aliphatic rings. The molecule has 0 saturated carbocycles. The van der Waals surface area contributed by atoms with Gasteiger partial charge >= 0.3 is 17.9 Å². The van der Waals surface area contributed by atoms with Crippen LogP contribution < -0.4 is 5.32 Å². The highest BCUT2D eigenvalue weighted by molar-refractivity contribution is 5.93. The molecule has 8 nitrogen and oxygen atoms in total. The lowest BCUT2D eigenvalue weighted by molar-refractivity contribution is -0.146. The minimum absolute atomic E-state index is 0.206. The van der Waals surface area contributed by atoms with Gasteiger partial charge in [-0.3, -0.25) is 4.79 Å². The van der Waals surface area contributed by atoms with E-state index in [0.29, 0.717) is 0 Å². The first-order chi connectivity index (χ1) is 8.90. The minimum atomic E-state index is -1.17. The molecular weight excluding hydrogens is 258 g/mol. The number of methoxy groups -OCH3 is 1. The molecule has 0 aliphatic heterocycles. The monoisotopic (exact) mass is 273 g/mol. The summed E-state index contributed by atoms with van der Waals surface area (Å²) in [7, 11) is 1.14. The Morgan fingerprint density at radius 3 is 2.26 bits per heavy atom. The van der Waals surface area contributed by atoms with Crippen LogP contribution in [0.4, 0.5) is 0 Å². The summed E-state index contributed by atoms with van der Waals surface area (Å²) in [6, 6.07) is -1.03. The molecule has 106 valence electrons. The van der Waals surface area contributed by atoms with Gasteiger partial charge < -0.3 is 19.9 Å². The quantitative estimate of drug-likeness (QED) is 0.462. The summed E-state index contributed by atoms with van der Waals surface area (Å²) >= 11 is 0. The van der Waals surface area contributed by atoms with Gasteiger partial charge in [-0.25, -0.2) is 14.4 Å². The topological polar surface area (TPSA) is 119 Å². The van der Waals surface area contributed by atoms with Gasteiger partial charge in [0, 0.05) is 12.2 Å². The third-order valence-electron chi connectivity index (χ3n) is 1.94. The number of carbonyl (C=O) groups excluding carboxylic acids is 3. The van der Waals surface area contributed by atoms with Gasteiger partial charge in [-0.05, 0) is 6.42 Å². The molecule has 2 N–H and O–H groups in total. The maximum Gasteiger partial charge on any atom is 0.331 e. The smallest absolute Gasteiger partial charge is 0.331 e. The van der Waals surface area contributed by atoms with Crippen LogP contribution in [0.2, 0.25) is 0 Å². The standard InChI is InChI=1S/C11H15NO7/c1-3-7(11(16)17)12-8(13)6-19-10(15)5-4-9(14)18-2/h4-5,7H,3,6H2,1-2H3,(H,12,13)(H,16,17). The summed E-state index contributed by atoms with van der Waals surface area (Å²) in [5.41, 5.74) is 0. The zero-order valence-corrected chi connectivity index (χ0v) is 10.5. The van der Waals surface area contributed by atoms with Crippen molar-refractivity contribution in [3.05, 3.63) is 12.2 Å². The first kappa shape index (κ1) is 16.6. The normalized spacial score (nSPS) is 11.7. The van der Waals surface area contributed by atoms with Crippen LogP contribution in [0.25, 0.3) is 0 Å². The Bertz CT molecular complexity index is 389. The molecule has 0 fully saturated rings. The van der Waals surface area contributed by atoms with E-state index in [1.54, 1.807) is 6.92 Å². The Hall–Kier alpha value is -2.38. The molecule has 0 aromatic rings. The fraction of sp³-hybridized carbons (Fsp3) is 0.455. The van der Waals surface area contributed by atoms with E-state index in [1.165, 1.54) is 0 Å². The summed E-state index contributed by atoms with van der Waals surface area (Å²) in [5, 5.41) is 10.9. The average molecular weight is 273 g/mol. The van der Waals surface area contributed by atoms with Crippen LogP contribution >= 0.6 is 0 Å². The van der Waals surface area contributed by atoms with Gasteiger partial charge in [0.2, 0.25) is 0 Å². The molecule has 1 unspecified atom stereocenters. The molecule has 19 heavy (non-hydrogen) atoms. The van der Waals surface area contributed by atoms with Gasteiger partial charge in [-0.1, -0.05) is 6.92 Å². The van der Waals surface area contributed by atoms with Gasteiger partial charge in [-0.2, -0.15) is 0 Å². The summed E-state index contributed by atoms with van der Waals surface area (Å²) in [6.07, 6.45) is 1.84. The van der Waals surface area contributed by atoms with Crippen molar-refractivity contribution in [2.24, 2.45) is 0 Å². The second-order valence-corrected chi connectivity index (χ2v) is 3.33. The maximum atomic E-state index is 11.2. The largest absolute Gasteiger partial charge is 0.480 e. The SMILES string of the molecule is CCC(NC(=O)COC(=O)C=CC(=O)OC)C(=O)O. The third kappa shape index (κ3) is 7.53. The highest BCUT2D eigenvalue weighted by Gasteiger charge is 2.17. The van der Waals surface area contributed by atoms with Crippen molar-refractivity contribution < 1.29 is 33.8 Å². The van der Waals surface area contributed by atoms with E-state index >= 15 is 0 Å². The van der Waals surface area contributed by atoms with Crippen LogP contribution in [-0.4, -0.2) is 48.7 Å². The fourth-order valence-electron chi connectivity index (χ4n) is 0.963. The summed E-state index contributed by atoms with van der Waals surface area (Å²) in [6.45, 7) is 0.957. The lowest BCUT2D eigenvalue weighted by Gasteiger charge is -2.11. The maximum absolute atomic E-state index is 11.2. The molecule has 0 radical (unpaired) electrons. The van der Waals surface area contributed by atoms with E-state index < -0.39 is 36.5 Å². The van der Waals surface area contributed by atoms with Crippen molar-refractivity contribution >= 4 is 23.8 Å². The number of hydrogen-bond acceptors (Lipinski definition) is 6. The second kappa shape index (κ2) is 8.67. The number of hydrogen-bond donors (Lipinski definition) is 2. The van der Waals surface area contributed by atoms with Gasteiger partial charge in [0.05, 0.1) is 7.11 Å².